The van der Waals surface area contributed by atoms with Crippen molar-refractivity contribution in [1.82, 2.24) is 15.5 Å². The molecule has 2 saturated heterocycles. The molecule has 2 atom stereocenters. The van der Waals surface area contributed by atoms with E-state index in [1.54, 1.807) is 0 Å². The molecule has 2 heterocycles. The average molecular weight is 561 g/mol. The minimum absolute atomic E-state index is 0. The summed E-state index contributed by atoms with van der Waals surface area (Å²) in [6, 6.07) is 6.80. The first-order valence-electron chi connectivity index (χ1n) is 11.7. The Morgan fingerprint density at radius 1 is 1.19 bits per heavy atom. The number of halogens is 1. The molecular formula is C24H41IN4O3. The molecule has 0 amide bonds. The van der Waals surface area contributed by atoms with Gasteiger partial charge in [-0.05, 0) is 31.4 Å². The van der Waals surface area contributed by atoms with Gasteiger partial charge in [-0.15, -0.1) is 24.0 Å². The molecule has 0 spiro atoms. The summed E-state index contributed by atoms with van der Waals surface area (Å²) in [6.07, 6.45) is 1.08. The van der Waals surface area contributed by atoms with Crippen LogP contribution in [0.3, 0.4) is 0 Å². The van der Waals surface area contributed by atoms with Gasteiger partial charge in [0.25, 0.3) is 0 Å². The molecule has 32 heavy (non-hydrogen) atoms. The lowest BCUT2D eigenvalue weighted by Gasteiger charge is -2.37. The fraction of sp³-hybridized carbons (Fsp3) is 0.708. The highest BCUT2D eigenvalue weighted by Gasteiger charge is 2.24. The van der Waals surface area contributed by atoms with Crippen molar-refractivity contribution in [2.75, 3.05) is 52.6 Å². The summed E-state index contributed by atoms with van der Waals surface area (Å²) < 4.78 is 17.2. The van der Waals surface area contributed by atoms with Gasteiger partial charge >= 0.3 is 0 Å². The molecular weight excluding hydrogens is 519 g/mol. The first-order valence-corrected chi connectivity index (χ1v) is 11.7. The molecule has 7 nitrogen and oxygen atoms in total. The number of aryl methyl sites for hydroxylation is 1. The third-order valence-electron chi connectivity index (χ3n) is 5.92. The van der Waals surface area contributed by atoms with Crippen LogP contribution in [0.2, 0.25) is 0 Å². The molecule has 0 bridgehead atoms. The Labute approximate surface area is 210 Å². The minimum atomic E-state index is 0. The van der Waals surface area contributed by atoms with Crippen LogP contribution in [0.5, 0.6) is 5.75 Å². The van der Waals surface area contributed by atoms with E-state index in [2.05, 4.69) is 61.4 Å². The summed E-state index contributed by atoms with van der Waals surface area (Å²) in [5.74, 6) is 2.32. The predicted octanol–water partition coefficient (Wildman–Crippen LogP) is 3.19. The van der Waals surface area contributed by atoms with E-state index >= 15 is 0 Å². The number of nitrogens with zero attached hydrogens (tertiary/aromatic N) is 2. The van der Waals surface area contributed by atoms with E-state index in [1.807, 2.05) is 0 Å². The highest BCUT2D eigenvalue weighted by atomic mass is 127. The van der Waals surface area contributed by atoms with Gasteiger partial charge in [-0.1, -0.05) is 26.0 Å². The summed E-state index contributed by atoms with van der Waals surface area (Å²) in [4.78, 5) is 7.39. The SMILES string of the molecule is CCNC(=NCc1ccc(C)cc1OC1CCOC1)NCC(C(C)C)N1CCOCC1.I. The fourth-order valence-corrected chi connectivity index (χ4v) is 4.09. The zero-order chi connectivity index (χ0) is 22.1. The second-order valence-electron chi connectivity index (χ2n) is 8.75. The molecule has 2 unspecified atom stereocenters. The molecule has 2 aliphatic heterocycles. The maximum atomic E-state index is 6.23. The number of hydrogen-bond donors (Lipinski definition) is 2. The highest BCUT2D eigenvalue weighted by Crippen LogP contribution is 2.24. The van der Waals surface area contributed by atoms with Crippen LogP contribution < -0.4 is 15.4 Å². The van der Waals surface area contributed by atoms with Gasteiger partial charge in [0.1, 0.15) is 11.9 Å². The number of morpholine rings is 1. The van der Waals surface area contributed by atoms with Gasteiger partial charge in [-0.2, -0.15) is 0 Å². The first kappa shape index (κ1) is 27.1. The van der Waals surface area contributed by atoms with Gasteiger partial charge in [0.05, 0.1) is 33.0 Å². The normalized spacial score (nSPS) is 20.7. The topological polar surface area (TPSA) is 67.4 Å². The van der Waals surface area contributed by atoms with Crippen LogP contribution in [0.25, 0.3) is 0 Å². The number of hydrogen-bond acceptors (Lipinski definition) is 5. The predicted molar refractivity (Wildman–Crippen MR) is 140 cm³/mol. The van der Waals surface area contributed by atoms with E-state index in [-0.39, 0.29) is 30.1 Å². The minimum Gasteiger partial charge on any atom is -0.488 e. The van der Waals surface area contributed by atoms with Gasteiger partial charge in [0.2, 0.25) is 0 Å². The Morgan fingerprint density at radius 3 is 2.62 bits per heavy atom. The number of benzene rings is 1. The van der Waals surface area contributed by atoms with Crippen LogP contribution in [-0.4, -0.2) is 75.6 Å². The molecule has 2 fully saturated rings. The lowest BCUT2D eigenvalue weighted by atomic mass is 10.0. The number of rotatable bonds is 9. The van der Waals surface area contributed by atoms with Crippen molar-refractivity contribution in [3.63, 3.8) is 0 Å². The van der Waals surface area contributed by atoms with Crippen LogP contribution in [0.1, 0.15) is 38.3 Å². The van der Waals surface area contributed by atoms with Crippen LogP contribution in [0.4, 0.5) is 0 Å². The largest absolute Gasteiger partial charge is 0.488 e. The third-order valence-corrected chi connectivity index (χ3v) is 5.92. The maximum absolute atomic E-state index is 6.23. The summed E-state index contributed by atoms with van der Waals surface area (Å²) >= 11 is 0. The number of aliphatic imine (C=N–C) groups is 1. The first-order chi connectivity index (χ1) is 15.1. The molecule has 2 N–H and O–H groups in total. The monoisotopic (exact) mass is 560 g/mol. The molecule has 0 aliphatic carbocycles. The number of ether oxygens (including phenoxy) is 3. The maximum Gasteiger partial charge on any atom is 0.191 e. The molecule has 0 aromatic heterocycles. The van der Waals surface area contributed by atoms with Crippen molar-refractivity contribution in [2.24, 2.45) is 10.9 Å². The van der Waals surface area contributed by atoms with Crippen molar-refractivity contribution in [3.05, 3.63) is 29.3 Å². The van der Waals surface area contributed by atoms with E-state index in [9.17, 15) is 0 Å². The molecule has 0 radical (unpaired) electrons. The molecule has 8 heteroatoms. The van der Waals surface area contributed by atoms with E-state index in [1.165, 1.54) is 5.56 Å². The Balaban J connectivity index is 0.00000363. The molecule has 182 valence electrons. The Bertz CT molecular complexity index is 704. The Kier molecular flexibility index (Phi) is 12.1. The quantitative estimate of drug-likeness (QED) is 0.275. The smallest absolute Gasteiger partial charge is 0.191 e. The van der Waals surface area contributed by atoms with Gasteiger partial charge in [-0.3, -0.25) is 4.90 Å². The number of nitrogens with one attached hydrogen (secondary N) is 2. The summed E-state index contributed by atoms with van der Waals surface area (Å²) in [5, 5.41) is 6.96. The lowest BCUT2D eigenvalue weighted by Crippen LogP contribution is -2.52. The van der Waals surface area contributed by atoms with Crippen LogP contribution in [0, 0.1) is 12.8 Å². The van der Waals surface area contributed by atoms with Gasteiger partial charge in [0.15, 0.2) is 5.96 Å². The van der Waals surface area contributed by atoms with E-state index in [0.717, 1.165) is 69.7 Å². The number of guanidine groups is 1. The van der Waals surface area contributed by atoms with Crippen molar-refractivity contribution in [3.8, 4) is 5.75 Å². The lowest BCUT2D eigenvalue weighted by molar-refractivity contribution is 0.00752. The van der Waals surface area contributed by atoms with E-state index in [4.69, 9.17) is 19.2 Å². The zero-order valence-corrected chi connectivity index (χ0v) is 22.4. The molecule has 0 saturated carbocycles. The molecule has 3 rings (SSSR count). The summed E-state index contributed by atoms with van der Waals surface area (Å²) in [7, 11) is 0. The van der Waals surface area contributed by atoms with Crippen LogP contribution in [0.15, 0.2) is 23.2 Å². The van der Waals surface area contributed by atoms with Crippen LogP contribution >= 0.6 is 24.0 Å². The summed E-state index contributed by atoms with van der Waals surface area (Å²) in [6.45, 7) is 16.1. The van der Waals surface area contributed by atoms with Crippen molar-refractivity contribution in [1.29, 1.82) is 0 Å². The fourth-order valence-electron chi connectivity index (χ4n) is 4.09. The molecule has 1 aromatic carbocycles. The zero-order valence-electron chi connectivity index (χ0n) is 20.1. The van der Waals surface area contributed by atoms with E-state index < -0.39 is 0 Å². The summed E-state index contributed by atoms with van der Waals surface area (Å²) in [5.41, 5.74) is 2.29. The second-order valence-corrected chi connectivity index (χ2v) is 8.75. The van der Waals surface area contributed by atoms with Gasteiger partial charge < -0.3 is 24.8 Å². The standard InChI is InChI=1S/C24H40N4O3.HI/c1-5-25-24(27-16-22(18(2)3)28-9-12-29-13-10-28)26-15-20-7-6-19(4)14-23(20)31-21-8-11-30-17-21;/h6-7,14,18,21-22H,5,8-13,15-17H2,1-4H3,(H2,25,26,27);1H. The second kappa shape index (κ2) is 14.2. The van der Waals surface area contributed by atoms with E-state index in [0.29, 0.717) is 25.1 Å². The average Bonchev–Trinajstić information content (AvgIpc) is 3.27. The molecule has 2 aliphatic rings. The third kappa shape index (κ3) is 8.35. The van der Waals surface area contributed by atoms with Crippen molar-refractivity contribution in [2.45, 2.75) is 52.8 Å². The van der Waals surface area contributed by atoms with Gasteiger partial charge in [-0.25, -0.2) is 4.99 Å². The Morgan fingerprint density at radius 2 is 1.97 bits per heavy atom. The van der Waals surface area contributed by atoms with Crippen molar-refractivity contribution >= 4 is 29.9 Å². The Hall–Kier alpha value is -1.10. The van der Waals surface area contributed by atoms with Crippen molar-refractivity contribution < 1.29 is 14.2 Å². The van der Waals surface area contributed by atoms with Crippen LogP contribution in [-0.2, 0) is 16.0 Å². The highest BCUT2D eigenvalue weighted by molar-refractivity contribution is 14.0. The van der Waals surface area contributed by atoms with Gasteiger partial charge in [0, 0.05) is 44.2 Å². The molecule has 1 aromatic rings.